The summed E-state index contributed by atoms with van der Waals surface area (Å²) in [5, 5.41) is 10.6. The van der Waals surface area contributed by atoms with Crippen LogP contribution >= 0.6 is 0 Å². The van der Waals surface area contributed by atoms with Gasteiger partial charge in [-0.25, -0.2) is 0 Å². The lowest BCUT2D eigenvalue weighted by molar-refractivity contribution is -0.384. The number of nitrogen functional groups attached to an aromatic ring is 1. The van der Waals surface area contributed by atoms with Gasteiger partial charge in [-0.05, 0) is 12.1 Å². The molecule has 0 saturated carbocycles. The smallest absolute Gasteiger partial charge is 0.270 e. The van der Waals surface area contributed by atoms with E-state index >= 15 is 0 Å². The van der Waals surface area contributed by atoms with Crippen LogP contribution < -0.4 is 5.73 Å². The van der Waals surface area contributed by atoms with Gasteiger partial charge in [0, 0.05) is 23.9 Å². The van der Waals surface area contributed by atoms with E-state index in [4.69, 9.17) is 5.73 Å². The monoisotopic (exact) mass is 215 g/mol. The number of nitro groups is 1. The summed E-state index contributed by atoms with van der Waals surface area (Å²) in [6.45, 7) is 0. The van der Waals surface area contributed by atoms with E-state index in [9.17, 15) is 10.1 Å². The molecule has 2 N–H and O–H groups in total. The van der Waals surface area contributed by atoms with Gasteiger partial charge in [0.15, 0.2) is 0 Å². The molecule has 5 nitrogen and oxygen atoms in total. The molecule has 0 atom stereocenters. The van der Waals surface area contributed by atoms with E-state index in [1.54, 1.807) is 30.5 Å². The minimum absolute atomic E-state index is 0.0301. The van der Waals surface area contributed by atoms with Crippen molar-refractivity contribution in [2.24, 2.45) is 0 Å². The van der Waals surface area contributed by atoms with Crippen molar-refractivity contribution >= 4 is 11.4 Å². The summed E-state index contributed by atoms with van der Waals surface area (Å²) in [7, 11) is 0. The van der Waals surface area contributed by atoms with Crippen molar-refractivity contribution in [2.75, 3.05) is 5.73 Å². The fourth-order valence-corrected chi connectivity index (χ4v) is 1.43. The third-order valence-electron chi connectivity index (χ3n) is 2.17. The molecule has 80 valence electrons. The second-order valence-corrected chi connectivity index (χ2v) is 3.25. The second kappa shape index (κ2) is 3.98. The van der Waals surface area contributed by atoms with Crippen LogP contribution in [0, 0.1) is 10.1 Å². The van der Waals surface area contributed by atoms with Gasteiger partial charge in [0.2, 0.25) is 0 Å². The van der Waals surface area contributed by atoms with E-state index < -0.39 is 4.92 Å². The summed E-state index contributed by atoms with van der Waals surface area (Å²) in [6.07, 6.45) is 1.60. The minimum Gasteiger partial charge on any atom is -0.397 e. The van der Waals surface area contributed by atoms with E-state index in [0.717, 1.165) is 0 Å². The number of nitro benzene ring substituents is 1. The maximum atomic E-state index is 10.6. The van der Waals surface area contributed by atoms with Gasteiger partial charge in [0.25, 0.3) is 5.69 Å². The van der Waals surface area contributed by atoms with Gasteiger partial charge in [-0.2, -0.15) is 0 Å². The Morgan fingerprint density at radius 1 is 1.25 bits per heavy atom. The molecule has 1 aromatic heterocycles. The molecule has 1 aromatic carbocycles. The van der Waals surface area contributed by atoms with E-state index in [2.05, 4.69) is 4.98 Å². The number of rotatable bonds is 2. The van der Waals surface area contributed by atoms with Crippen LogP contribution in [0.5, 0.6) is 0 Å². The standard InChI is InChI=1S/C11H9N3O2/c12-10-5-2-6-13-11(10)8-3-1-4-9(7-8)14(15)16/h1-7H,12H2. The van der Waals surface area contributed by atoms with Crippen molar-refractivity contribution < 1.29 is 4.92 Å². The number of benzene rings is 1. The molecule has 16 heavy (non-hydrogen) atoms. The van der Waals surface area contributed by atoms with E-state index in [1.165, 1.54) is 12.1 Å². The first kappa shape index (κ1) is 10.1. The topological polar surface area (TPSA) is 82.0 Å². The predicted molar refractivity (Wildman–Crippen MR) is 60.7 cm³/mol. The van der Waals surface area contributed by atoms with Gasteiger partial charge < -0.3 is 5.73 Å². The lowest BCUT2D eigenvalue weighted by Crippen LogP contribution is -1.93. The summed E-state index contributed by atoms with van der Waals surface area (Å²) in [6, 6.07) is 9.67. The summed E-state index contributed by atoms with van der Waals surface area (Å²) in [4.78, 5) is 14.3. The first-order valence-electron chi connectivity index (χ1n) is 4.64. The van der Waals surface area contributed by atoms with Crippen molar-refractivity contribution in [3.8, 4) is 11.3 Å². The van der Waals surface area contributed by atoms with Gasteiger partial charge in [-0.3, -0.25) is 15.1 Å². The molecule has 2 aromatic rings. The molecule has 5 heteroatoms. The summed E-state index contributed by atoms with van der Waals surface area (Å²) < 4.78 is 0. The molecule has 0 aliphatic heterocycles. The summed E-state index contributed by atoms with van der Waals surface area (Å²) in [5.41, 5.74) is 7.49. The maximum Gasteiger partial charge on any atom is 0.270 e. The molecular weight excluding hydrogens is 206 g/mol. The first-order valence-corrected chi connectivity index (χ1v) is 4.64. The molecule has 0 fully saturated rings. The van der Waals surface area contributed by atoms with Crippen molar-refractivity contribution in [1.82, 2.24) is 4.98 Å². The Hall–Kier alpha value is -2.43. The number of aromatic nitrogens is 1. The van der Waals surface area contributed by atoms with Crippen molar-refractivity contribution in [1.29, 1.82) is 0 Å². The number of anilines is 1. The zero-order chi connectivity index (χ0) is 11.5. The van der Waals surface area contributed by atoms with Gasteiger partial charge in [-0.1, -0.05) is 12.1 Å². The van der Waals surface area contributed by atoms with Crippen LogP contribution in [0.1, 0.15) is 0 Å². The highest BCUT2D eigenvalue weighted by Gasteiger charge is 2.09. The Kier molecular flexibility index (Phi) is 2.51. The average Bonchev–Trinajstić information content (AvgIpc) is 2.30. The highest BCUT2D eigenvalue weighted by Crippen LogP contribution is 2.25. The van der Waals surface area contributed by atoms with Crippen LogP contribution in [0.4, 0.5) is 11.4 Å². The number of nitrogens with zero attached hydrogens (tertiary/aromatic N) is 2. The van der Waals surface area contributed by atoms with Crippen molar-refractivity contribution in [2.45, 2.75) is 0 Å². The van der Waals surface area contributed by atoms with Crippen molar-refractivity contribution in [3.05, 3.63) is 52.7 Å². The Morgan fingerprint density at radius 3 is 2.75 bits per heavy atom. The molecule has 1 heterocycles. The SMILES string of the molecule is Nc1cccnc1-c1cccc([N+](=O)[O-])c1. The molecule has 0 radical (unpaired) electrons. The summed E-state index contributed by atoms with van der Waals surface area (Å²) >= 11 is 0. The molecule has 0 saturated heterocycles. The molecule has 0 bridgehead atoms. The Morgan fingerprint density at radius 2 is 2.06 bits per heavy atom. The van der Waals surface area contributed by atoms with E-state index in [-0.39, 0.29) is 5.69 Å². The third kappa shape index (κ3) is 1.83. The highest BCUT2D eigenvalue weighted by molar-refractivity contribution is 5.73. The number of hydrogen-bond donors (Lipinski definition) is 1. The van der Waals surface area contributed by atoms with Crippen LogP contribution in [0.15, 0.2) is 42.6 Å². The van der Waals surface area contributed by atoms with Crippen LogP contribution in [0.25, 0.3) is 11.3 Å². The van der Waals surface area contributed by atoms with Gasteiger partial charge >= 0.3 is 0 Å². The van der Waals surface area contributed by atoms with Gasteiger partial charge in [0.05, 0.1) is 16.3 Å². The second-order valence-electron chi connectivity index (χ2n) is 3.25. The summed E-state index contributed by atoms with van der Waals surface area (Å²) in [5.74, 6) is 0. The Balaban J connectivity index is 2.53. The lowest BCUT2D eigenvalue weighted by atomic mass is 10.1. The normalized spacial score (nSPS) is 10.0. The molecule has 0 amide bonds. The quantitative estimate of drug-likeness (QED) is 0.615. The minimum atomic E-state index is -0.442. The largest absolute Gasteiger partial charge is 0.397 e. The fraction of sp³-hybridized carbons (Fsp3) is 0. The Labute approximate surface area is 91.7 Å². The van der Waals surface area contributed by atoms with Crippen molar-refractivity contribution in [3.63, 3.8) is 0 Å². The van der Waals surface area contributed by atoms with Gasteiger partial charge in [0.1, 0.15) is 0 Å². The number of non-ortho nitro benzene ring substituents is 1. The third-order valence-corrected chi connectivity index (χ3v) is 2.17. The molecular formula is C11H9N3O2. The van der Waals surface area contributed by atoms with Crippen LogP contribution in [-0.2, 0) is 0 Å². The van der Waals surface area contributed by atoms with E-state index in [0.29, 0.717) is 16.9 Å². The zero-order valence-electron chi connectivity index (χ0n) is 8.33. The maximum absolute atomic E-state index is 10.6. The van der Waals surface area contributed by atoms with Crippen LogP contribution in [0.2, 0.25) is 0 Å². The number of nitrogens with two attached hydrogens (primary N) is 1. The van der Waals surface area contributed by atoms with Gasteiger partial charge in [-0.15, -0.1) is 0 Å². The molecule has 0 spiro atoms. The average molecular weight is 215 g/mol. The Bertz CT molecular complexity index is 540. The molecule has 0 unspecified atom stereocenters. The zero-order valence-corrected chi connectivity index (χ0v) is 8.33. The van der Waals surface area contributed by atoms with Crippen LogP contribution in [0.3, 0.4) is 0 Å². The van der Waals surface area contributed by atoms with E-state index in [1.807, 2.05) is 0 Å². The van der Waals surface area contributed by atoms with Crippen LogP contribution in [-0.4, -0.2) is 9.91 Å². The highest BCUT2D eigenvalue weighted by atomic mass is 16.6. The number of hydrogen-bond acceptors (Lipinski definition) is 4. The number of pyridine rings is 1. The molecule has 0 aliphatic carbocycles. The fourth-order valence-electron chi connectivity index (χ4n) is 1.43. The lowest BCUT2D eigenvalue weighted by Gasteiger charge is -2.03. The molecule has 2 rings (SSSR count). The molecule has 0 aliphatic rings. The first-order chi connectivity index (χ1) is 7.68. The predicted octanol–water partition coefficient (Wildman–Crippen LogP) is 2.24.